The normalized spacial score (nSPS) is 11.8. The number of carbonyl (C=O) groups excluding carboxylic acids is 1. The van der Waals surface area contributed by atoms with Gasteiger partial charge in [-0.2, -0.15) is 0 Å². The number of ether oxygens (including phenoxy) is 4. The minimum Gasteiger partial charge on any atom is -0.493 e. The number of nitrogens with one attached hydrogen (secondary N) is 2. The first-order valence-corrected chi connectivity index (χ1v) is 10.8. The van der Waals surface area contributed by atoms with Crippen molar-refractivity contribution in [1.29, 1.82) is 0 Å². The number of anilines is 1. The molecule has 8 heteroatoms. The highest BCUT2D eigenvalue weighted by Gasteiger charge is 2.14. The molecular formula is C25H25ClN2O5. The molecule has 3 aromatic carbocycles. The first kappa shape index (κ1) is 22.8. The summed E-state index contributed by atoms with van der Waals surface area (Å²) < 4.78 is 21.9. The fourth-order valence-electron chi connectivity index (χ4n) is 3.35. The van der Waals surface area contributed by atoms with Crippen LogP contribution >= 0.6 is 11.6 Å². The van der Waals surface area contributed by atoms with Crippen LogP contribution in [0.1, 0.15) is 16.7 Å². The molecule has 0 radical (unpaired) electrons. The molecule has 7 nitrogen and oxygen atoms in total. The number of methoxy groups -OCH3 is 1. The van der Waals surface area contributed by atoms with Gasteiger partial charge in [-0.3, -0.25) is 4.79 Å². The topological polar surface area (TPSA) is 78.1 Å². The van der Waals surface area contributed by atoms with Gasteiger partial charge in [0, 0.05) is 29.9 Å². The first-order valence-electron chi connectivity index (χ1n) is 10.5. The van der Waals surface area contributed by atoms with Crippen LogP contribution in [0.25, 0.3) is 0 Å². The third kappa shape index (κ3) is 5.88. The Labute approximate surface area is 197 Å². The summed E-state index contributed by atoms with van der Waals surface area (Å²) >= 11 is 6.46. The van der Waals surface area contributed by atoms with Crippen LogP contribution in [0, 0.1) is 6.92 Å². The summed E-state index contributed by atoms with van der Waals surface area (Å²) in [7, 11) is 1.55. The molecule has 4 rings (SSSR count). The molecule has 1 heterocycles. The fraction of sp³-hybridized carbons (Fsp3) is 0.240. The van der Waals surface area contributed by atoms with E-state index >= 15 is 0 Å². The maximum atomic E-state index is 12.2. The number of rotatable bonds is 9. The molecule has 1 amide bonds. The molecule has 0 aromatic heterocycles. The number of fused-ring (bicyclic) bond motifs is 1. The highest BCUT2D eigenvalue weighted by atomic mass is 35.5. The maximum absolute atomic E-state index is 12.2. The van der Waals surface area contributed by atoms with Gasteiger partial charge in [0.05, 0.1) is 7.11 Å². The van der Waals surface area contributed by atoms with Crippen LogP contribution in [0.2, 0.25) is 5.02 Å². The van der Waals surface area contributed by atoms with Crippen molar-refractivity contribution in [2.45, 2.75) is 20.0 Å². The van der Waals surface area contributed by atoms with E-state index in [9.17, 15) is 4.79 Å². The van der Waals surface area contributed by atoms with Crippen LogP contribution in [-0.4, -0.2) is 26.4 Å². The molecule has 3 aromatic rings. The smallest absolute Gasteiger partial charge is 0.262 e. The van der Waals surface area contributed by atoms with Crippen LogP contribution in [0.15, 0.2) is 54.6 Å². The Bertz CT molecular complexity index is 1130. The third-order valence-corrected chi connectivity index (χ3v) is 5.46. The van der Waals surface area contributed by atoms with Gasteiger partial charge in [0.25, 0.3) is 5.91 Å². The average Bonchev–Trinajstić information content (AvgIpc) is 3.28. The molecule has 33 heavy (non-hydrogen) atoms. The van der Waals surface area contributed by atoms with Crippen molar-refractivity contribution in [3.63, 3.8) is 0 Å². The van der Waals surface area contributed by atoms with Crippen LogP contribution in [0.3, 0.4) is 0 Å². The number of carbonyl (C=O) groups is 1. The maximum Gasteiger partial charge on any atom is 0.262 e. The molecular weight excluding hydrogens is 444 g/mol. The van der Waals surface area contributed by atoms with E-state index in [0.717, 1.165) is 28.2 Å². The predicted octanol–water partition coefficient (Wildman–Crippen LogP) is 4.69. The largest absolute Gasteiger partial charge is 0.493 e. The SMILES string of the molecule is COc1cc(CNCc2ccc3c(c2)OCO3)c(Cl)cc1OCC(=O)Nc1ccc(C)cc1. The second-order valence-electron chi connectivity index (χ2n) is 7.59. The number of aryl methyl sites for hydroxylation is 1. The minimum absolute atomic E-state index is 0.164. The second kappa shape index (κ2) is 10.5. The van der Waals surface area contributed by atoms with Gasteiger partial charge in [-0.1, -0.05) is 35.4 Å². The zero-order chi connectivity index (χ0) is 23.2. The van der Waals surface area contributed by atoms with Gasteiger partial charge in [-0.15, -0.1) is 0 Å². The van der Waals surface area contributed by atoms with Gasteiger partial charge < -0.3 is 29.6 Å². The van der Waals surface area contributed by atoms with E-state index in [1.165, 1.54) is 0 Å². The lowest BCUT2D eigenvalue weighted by molar-refractivity contribution is -0.118. The van der Waals surface area contributed by atoms with Gasteiger partial charge in [0.2, 0.25) is 6.79 Å². The molecule has 0 saturated carbocycles. The van der Waals surface area contributed by atoms with Gasteiger partial charge in [0.15, 0.2) is 29.6 Å². The van der Waals surface area contributed by atoms with Crippen LogP contribution in [0.4, 0.5) is 5.69 Å². The molecule has 2 N–H and O–H groups in total. The van der Waals surface area contributed by atoms with E-state index in [0.29, 0.717) is 35.3 Å². The van der Waals surface area contributed by atoms with E-state index in [-0.39, 0.29) is 19.3 Å². The summed E-state index contributed by atoms with van der Waals surface area (Å²) in [6, 6.07) is 16.9. The standard InChI is InChI=1S/C25H25ClN2O5/c1-16-3-6-19(7-4-16)28-25(29)14-31-24-11-20(26)18(10-22(24)30-2)13-27-12-17-5-8-21-23(9-17)33-15-32-21/h3-11,27H,12-15H2,1-2H3,(H,28,29). The molecule has 172 valence electrons. The van der Waals surface area contributed by atoms with E-state index in [1.54, 1.807) is 13.2 Å². The lowest BCUT2D eigenvalue weighted by Crippen LogP contribution is -2.20. The highest BCUT2D eigenvalue weighted by molar-refractivity contribution is 6.31. The molecule has 0 saturated heterocycles. The van der Waals surface area contributed by atoms with Crippen molar-refractivity contribution in [2.24, 2.45) is 0 Å². The lowest BCUT2D eigenvalue weighted by Gasteiger charge is -2.14. The lowest BCUT2D eigenvalue weighted by atomic mass is 10.1. The van der Waals surface area contributed by atoms with Crippen molar-refractivity contribution in [3.8, 4) is 23.0 Å². The Morgan fingerprint density at radius 1 is 1.00 bits per heavy atom. The Morgan fingerprint density at radius 3 is 2.58 bits per heavy atom. The summed E-state index contributed by atoms with van der Waals surface area (Å²) in [5.74, 6) is 2.14. The van der Waals surface area contributed by atoms with Crippen molar-refractivity contribution in [2.75, 3.05) is 25.8 Å². The molecule has 0 spiro atoms. The third-order valence-electron chi connectivity index (χ3n) is 5.11. The van der Waals surface area contributed by atoms with Crippen LogP contribution < -0.4 is 29.6 Å². The number of hydrogen-bond donors (Lipinski definition) is 2. The predicted molar refractivity (Wildman–Crippen MR) is 126 cm³/mol. The number of halogens is 1. The van der Waals surface area contributed by atoms with E-state index in [2.05, 4.69) is 10.6 Å². The van der Waals surface area contributed by atoms with Gasteiger partial charge in [0.1, 0.15) is 0 Å². The molecule has 0 aliphatic carbocycles. The van der Waals surface area contributed by atoms with Crippen molar-refractivity contribution >= 4 is 23.2 Å². The van der Waals surface area contributed by atoms with E-state index in [4.69, 9.17) is 30.5 Å². The van der Waals surface area contributed by atoms with Crippen molar-refractivity contribution in [1.82, 2.24) is 5.32 Å². The van der Waals surface area contributed by atoms with E-state index in [1.807, 2.05) is 55.5 Å². The zero-order valence-electron chi connectivity index (χ0n) is 18.4. The van der Waals surface area contributed by atoms with Crippen molar-refractivity contribution < 1.29 is 23.7 Å². The van der Waals surface area contributed by atoms with Gasteiger partial charge in [-0.25, -0.2) is 0 Å². The number of amides is 1. The summed E-state index contributed by atoms with van der Waals surface area (Å²) in [4.78, 5) is 12.2. The average molecular weight is 469 g/mol. The Kier molecular flexibility index (Phi) is 7.22. The van der Waals surface area contributed by atoms with Gasteiger partial charge >= 0.3 is 0 Å². The summed E-state index contributed by atoms with van der Waals surface area (Å²) in [6.07, 6.45) is 0. The molecule has 0 atom stereocenters. The Hall–Kier alpha value is -3.42. The quantitative estimate of drug-likeness (QED) is 0.474. The Balaban J connectivity index is 1.33. The minimum atomic E-state index is -0.272. The summed E-state index contributed by atoms with van der Waals surface area (Å²) in [5, 5.41) is 6.67. The monoisotopic (exact) mass is 468 g/mol. The van der Waals surface area contributed by atoms with E-state index < -0.39 is 0 Å². The summed E-state index contributed by atoms with van der Waals surface area (Å²) in [6.45, 7) is 3.23. The van der Waals surface area contributed by atoms with Gasteiger partial charge in [-0.05, 0) is 48.4 Å². The fourth-order valence-corrected chi connectivity index (χ4v) is 3.58. The molecule has 1 aliphatic heterocycles. The van der Waals surface area contributed by atoms with Crippen LogP contribution in [0.5, 0.6) is 23.0 Å². The summed E-state index contributed by atoms with van der Waals surface area (Å²) in [5.41, 5.74) is 3.75. The van der Waals surface area contributed by atoms with Crippen LogP contribution in [-0.2, 0) is 17.9 Å². The highest BCUT2D eigenvalue weighted by Crippen LogP contribution is 2.34. The number of benzene rings is 3. The molecule has 0 unspecified atom stereocenters. The Morgan fingerprint density at radius 2 is 1.79 bits per heavy atom. The first-order chi connectivity index (χ1) is 16.0. The molecule has 1 aliphatic rings. The van der Waals surface area contributed by atoms with Crippen molar-refractivity contribution in [3.05, 3.63) is 76.3 Å². The number of hydrogen-bond acceptors (Lipinski definition) is 6. The second-order valence-corrected chi connectivity index (χ2v) is 8.00. The molecule has 0 bridgehead atoms. The molecule has 0 fully saturated rings. The zero-order valence-corrected chi connectivity index (χ0v) is 19.2.